The van der Waals surface area contributed by atoms with Crippen LogP contribution in [0.15, 0.2) is 36.5 Å². The van der Waals surface area contributed by atoms with Gasteiger partial charge in [0.2, 0.25) is 0 Å². The fourth-order valence-electron chi connectivity index (χ4n) is 3.10. The molecule has 0 spiro atoms. The van der Waals surface area contributed by atoms with Crippen molar-refractivity contribution in [1.29, 1.82) is 0 Å². The van der Waals surface area contributed by atoms with Crippen LogP contribution in [0.1, 0.15) is 47.5 Å². The SMILES string of the molecule is CC[C@@H]1OC(=O)/C=C/[C@H](C)[C@H](O)[C@H](C)C[C@@H](C)C(=O)/C=C/C=C/[C@@H]1C. The van der Waals surface area contributed by atoms with E-state index in [1.807, 2.05) is 46.8 Å². The topological polar surface area (TPSA) is 63.6 Å². The van der Waals surface area contributed by atoms with Gasteiger partial charge in [0, 0.05) is 23.8 Å². The van der Waals surface area contributed by atoms with Crippen LogP contribution in [0, 0.1) is 23.7 Å². The van der Waals surface area contributed by atoms with Gasteiger partial charge in [-0.2, -0.15) is 0 Å². The number of hydrogen-bond acceptors (Lipinski definition) is 4. The molecule has 1 heterocycles. The van der Waals surface area contributed by atoms with Gasteiger partial charge in [0.25, 0.3) is 0 Å². The van der Waals surface area contributed by atoms with Crippen molar-refractivity contribution < 1.29 is 19.4 Å². The van der Waals surface area contributed by atoms with Gasteiger partial charge < -0.3 is 9.84 Å². The number of carbonyl (C=O) groups excluding carboxylic acids is 2. The maximum atomic E-state index is 12.2. The lowest BCUT2D eigenvalue weighted by Crippen LogP contribution is -2.28. The minimum Gasteiger partial charge on any atom is -0.459 e. The Morgan fingerprint density at radius 3 is 2.36 bits per heavy atom. The highest BCUT2D eigenvalue weighted by molar-refractivity contribution is 5.91. The molecule has 25 heavy (non-hydrogen) atoms. The Balaban J connectivity index is 3.03. The third-order valence-electron chi connectivity index (χ3n) is 4.91. The standard InChI is InChI=1S/C21H32O4/c1-6-19-14(2)9-7-8-10-18(22)16(4)13-17(5)21(24)15(3)11-12-20(23)25-19/h7-12,14-17,19,21,24H,6,13H2,1-5H3/b9-7+,10-8+,12-11+/t14-,15-,16+,17+,19-,21-/m0/s1. The van der Waals surface area contributed by atoms with Crippen molar-refractivity contribution in [3.8, 4) is 0 Å². The summed E-state index contributed by atoms with van der Waals surface area (Å²) in [6.07, 6.45) is 10.7. The molecule has 0 fully saturated rings. The maximum Gasteiger partial charge on any atom is 0.330 e. The zero-order chi connectivity index (χ0) is 19.0. The van der Waals surface area contributed by atoms with E-state index in [1.54, 1.807) is 18.2 Å². The summed E-state index contributed by atoms with van der Waals surface area (Å²) in [7, 11) is 0. The molecule has 0 amide bonds. The maximum absolute atomic E-state index is 12.2. The Labute approximate surface area is 151 Å². The molecule has 1 aliphatic rings. The highest BCUT2D eigenvalue weighted by atomic mass is 16.5. The smallest absolute Gasteiger partial charge is 0.330 e. The van der Waals surface area contributed by atoms with E-state index >= 15 is 0 Å². The Kier molecular flexibility index (Phi) is 8.84. The highest BCUT2D eigenvalue weighted by Gasteiger charge is 2.24. The van der Waals surface area contributed by atoms with Gasteiger partial charge in [0.15, 0.2) is 5.78 Å². The van der Waals surface area contributed by atoms with Crippen LogP contribution < -0.4 is 0 Å². The zero-order valence-corrected chi connectivity index (χ0v) is 16.0. The van der Waals surface area contributed by atoms with Crippen LogP contribution in [0.3, 0.4) is 0 Å². The zero-order valence-electron chi connectivity index (χ0n) is 16.0. The number of cyclic esters (lactones) is 1. The molecular weight excluding hydrogens is 316 g/mol. The van der Waals surface area contributed by atoms with Crippen LogP contribution in [-0.4, -0.2) is 29.1 Å². The number of ether oxygens (including phenoxy) is 1. The first-order valence-corrected chi connectivity index (χ1v) is 9.21. The molecule has 0 aromatic carbocycles. The molecule has 140 valence electrons. The van der Waals surface area contributed by atoms with Gasteiger partial charge in [-0.3, -0.25) is 4.79 Å². The first-order chi connectivity index (χ1) is 11.8. The van der Waals surface area contributed by atoms with Gasteiger partial charge in [-0.1, -0.05) is 58.9 Å². The number of carbonyl (C=O) groups is 2. The Hall–Kier alpha value is -1.68. The summed E-state index contributed by atoms with van der Waals surface area (Å²) in [5.74, 6) is -0.657. The molecule has 1 aliphatic heterocycles. The second-order valence-electron chi connectivity index (χ2n) is 7.21. The molecule has 0 unspecified atom stereocenters. The molecule has 0 aromatic heterocycles. The van der Waals surface area contributed by atoms with Gasteiger partial charge in [0.05, 0.1) is 6.10 Å². The fourth-order valence-corrected chi connectivity index (χ4v) is 3.10. The van der Waals surface area contributed by atoms with E-state index in [0.717, 1.165) is 0 Å². The second-order valence-corrected chi connectivity index (χ2v) is 7.21. The lowest BCUT2D eigenvalue weighted by molar-refractivity contribution is -0.144. The van der Waals surface area contributed by atoms with Crippen LogP contribution in [0.4, 0.5) is 0 Å². The van der Waals surface area contributed by atoms with Crippen LogP contribution in [0.5, 0.6) is 0 Å². The number of esters is 1. The fraction of sp³-hybridized carbons (Fsp3) is 0.619. The molecule has 0 aliphatic carbocycles. The second kappa shape index (κ2) is 10.3. The van der Waals surface area contributed by atoms with Gasteiger partial charge in [0.1, 0.15) is 6.10 Å². The summed E-state index contributed by atoms with van der Waals surface area (Å²) >= 11 is 0. The molecule has 0 bridgehead atoms. The number of rotatable bonds is 1. The number of hydrogen-bond donors (Lipinski definition) is 1. The summed E-state index contributed by atoms with van der Waals surface area (Å²) in [5, 5.41) is 10.4. The first-order valence-electron chi connectivity index (χ1n) is 9.21. The summed E-state index contributed by atoms with van der Waals surface area (Å²) in [6.45, 7) is 9.63. The molecular formula is C21H32O4. The van der Waals surface area contributed by atoms with Crippen molar-refractivity contribution in [2.45, 2.75) is 59.7 Å². The van der Waals surface area contributed by atoms with Crippen LogP contribution in [-0.2, 0) is 14.3 Å². The minimum absolute atomic E-state index is 0.0464. The third-order valence-corrected chi connectivity index (χ3v) is 4.91. The minimum atomic E-state index is -0.614. The normalized spacial score (nSPS) is 39.4. The van der Waals surface area contributed by atoms with E-state index in [0.29, 0.717) is 12.8 Å². The molecule has 0 aromatic rings. The van der Waals surface area contributed by atoms with Crippen LogP contribution in [0.2, 0.25) is 0 Å². The Morgan fingerprint density at radius 2 is 1.72 bits per heavy atom. The van der Waals surface area contributed by atoms with Crippen molar-refractivity contribution >= 4 is 11.8 Å². The molecule has 0 radical (unpaired) electrons. The van der Waals surface area contributed by atoms with Crippen molar-refractivity contribution in [3.63, 3.8) is 0 Å². The van der Waals surface area contributed by atoms with E-state index in [4.69, 9.17) is 4.74 Å². The number of aliphatic hydroxyl groups is 1. The molecule has 1 rings (SSSR count). The molecule has 0 saturated heterocycles. The summed E-state index contributed by atoms with van der Waals surface area (Å²) < 4.78 is 5.51. The number of ketones is 1. The predicted molar refractivity (Wildman–Crippen MR) is 99.9 cm³/mol. The largest absolute Gasteiger partial charge is 0.459 e. The van der Waals surface area contributed by atoms with E-state index < -0.39 is 6.10 Å². The Morgan fingerprint density at radius 1 is 1.04 bits per heavy atom. The van der Waals surface area contributed by atoms with Crippen molar-refractivity contribution in [2.24, 2.45) is 23.7 Å². The number of aliphatic hydroxyl groups excluding tert-OH is 1. The molecule has 1 N–H and O–H groups in total. The third kappa shape index (κ3) is 6.99. The molecule has 4 nitrogen and oxygen atoms in total. The average molecular weight is 348 g/mol. The van der Waals surface area contributed by atoms with E-state index in [9.17, 15) is 14.7 Å². The van der Waals surface area contributed by atoms with Crippen molar-refractivity contribution in [3.05, 3.63) is 36.5 Å². The van der Waals surface area contributed by atoms with E-state index in [2.05, 4.69) is 0 Å². The van der Waals surface area contributed by atoms with Gasteiger partial charge in [-0.15, -0.1) is 0 Å². The number of allylic oxidation sites excluding steroid dienone is 3. The lowest BCUT2D eigenvalue weighted by atomic mass is 9.85. The molecule has 4 heteroatoms. The van der Waals surface area contributed by atoms with E-state index in [1.165, 1.54) is 6.08 Å². The predicted octanol–water partition coefficient (Wildman–Crippen LogP) is 3.85. The monoisotopic (exact) mass is 348 g/mol. The summed E-state index contributed by atoms with van der Waals surface area (Å²) in [5.41, 5.74) is 0. The highest BCUT2D eigenvalue weighted by Crippen LogP contribution is 2.22. The Bertz CT molecular complexity index is 532. The van der Waals surface area contributed by atoms with Crippen molar-refractivity contribution in [1.82, 2.24) is 0 Å². The molecule has 0 saturated carbocycles. The van der Waals surface area contributed by atoms with Gasteiger partial charge in [-0.05, 0) is 24.8 Å². The van der Waals surface area contributed by atoms with Gasteiger partial charge >= 0.3 is 5.97 Å². The average Bonchev–Trinajstić information content (AvgIpc) is 2.58. The van der Waals surface area contributed by atoms with Gasteiger partial charge in [-0.25, -0.2) is 4.79 Å². The van der Waals surface area contributed by atoms with E-state index in [-0.39, 0.29) is 41.5 Å². The summed E-state index contributed by atoms with van der Waals surface area (Å²) in [6, 6.07) is 0. The summed E-state index contributed by atoms with van der Waals surface area (Å²) in [4.78, 5) is 24.2. The lowest BCUT2D eigenvalue weighted by Gasteiger charge is -2.25. The quantitative estimate of drug-likeness (QED) is 0.731. The molecule has 6 atom stereocenters. The van der Waals surface area contributed by atoms with Crippen LogP contribution in [0.25, 0.3) is 0 Å². The van der Waals surface area contributed by atoms with Crippen molar-refractivity contribution in [2.75, 3.05) is 0 Å². The van der Waals surface area contributed by atoms with Crippen LogP contribution >= 0.6 is 0 Å². The first kappa shape index (κ1) is 21.4.